The fourth-order valence-corrected chi connectivity index (χ4v) is 5.56. The Kier molecular flexibility index (Phi) is 7.55. The molecule has 3 rings (SSSR count). The molecule has 6 heteroatoms. The molecule has 0 spiro atoms. The molecule has 0 aromatic heterocycles. The molecule has 1 heterocycles. The van der Waals surface area contributed by atoms with Gasteiger partial charge in [0.05, 0.1) is 11.5 Å². The van der Waals surface area contributed by atoms with Gasteiger partial charge >= 0.3 is 0 Å². The minimum atomic E-state index is -3.00. The quantitative estimate of drug-likeness (QED) is 0.658. The molecule has 1 fully saturated rings. The number of hydrogen-bond acceptors (Lipinski definition) is 5. The van der Waals surface area contributed by atoms with Crippen molar-refractivity contribution in [3.05, 3.63) is 65.2 Å². The second-order valence-electron chi connectivity index (χ2n) is 8.66. The number of benzene rings is 2. The topological polar surface area (TPSA) is 66.8 Å². The average Bonchev–Trinajstić information content (AvgIpc) is 3.07. The highest BCUT2D eigenvalue weighted by Crippen LogP contribution is 2.22. The van der Waals surface area contributed by atoms with Gasteiger partial charge in [0.25, 0.3) is 0 Å². The van der Waals surface area contributed by atoms with Crippen molar-refractivity contribution in [3.8, 4) is 5.75 Å². The molecular weight excluding hydrogens is 398 g/mol. The van der Waals surface area contributed by atoms with Gasteiger partial charge in [0.2, 0.25) is 0 Å². The van der Waals surface area contributed by atoms with E-state index in [1.165, 1.54) is 11.1 Å². The lowest BCUT2D eigenvalue weighted by atomic mass is 10.0. The fraction of sp³-hybridized carbons (Fsp3) is 0.500. The Bertz CT molecular complexity index is 907. The number of aliphatic hydroxyl groups is 1. The van der Waals surface area contributed by atoms with E-state index in [2.05, 4.69) is 43.0 Å². The molecule has 164 valence electrons. The number of aryl methyl sites for hydroxylation is 1. The largest absolute Gasteiger partial charge is 0.491 e. The molecule has 0 amide bonds. The molecule has 1 aliphatic rings. The van der Waals surface area contributed by atoms with Gasteiger partial charge in [-0.15, -0.1) is 0 Å². The smallest absolute Gasteiger partial charge is 0.151 e. The Morgan fingerprint density at radius 3 is 2.33 bits per heavy atom. The standard InChI is InChI=1S/C24H33NO4S/c1-18(2)21-8-10-24(11-9-21)29-16-23(26)15-25(22-12-13-30(27,28)17-22)14-20-6-4-19(3)5-7-20/h4-11,18,22-23,26H,12-17H2,1-3H3. The zero-order valence-electron chi connectivity index (χ0n) is 18.1. The molecule has 30 heavy (non-hydrogen) atoms. The molecule has 2 atom stereocenters. The summed E-state index contributed by atoms with van der Waals surface area (Å²) in [5, 5.41) is 10.6. The van der Waals surface area contributed by atoms with Gasteiger partial charge in [-0.05, 0) is 42.5 Å². The summed E-state index contributed by atoms with van der Waals surface area (Å²) in [6.07, 6.45) is -0.0955. The van der Waals surface area contributed by atoms with Gasteiger partial charge in [0.1, 0.15) is 18.5 Å². The maximum absolute atomic E-state index is 12.0. The molecule has 0 aliphatic carbocycles. The highest BCUT2D eigenvalue weighted by atomic mass is 32.2. The molecule has 5 nitrogen and oxygen atoms in total. The number of hydrogen-bond donors (Lipinski definition) is 1. The van der Waals surface area contributed by atoms with Crippen molar-refractivity contribution < 1.29 is 18.3 Å². The van der Waals surface area contributed by atoms with E-state index in [4.69, 9.17) is 4.74 Å². The van der Waals surface area contributed by atoms with Gasteiger partial charge in [-0.25, -0.2) is 8.42 Å². The Hall–Kier alpha value is -1.89. The van der Waals surface area contributed by atoms with Crippen LogP contribution in [0.3, 0.4) is 0 Å². The molecule has 0 radical (unpaired) electrons. The van der Waals surface area contributed by atoms with Gasteiger partial charge in [-0.3, -0.25) is 4.90 Å². The van der Waals surface area contributed by atoms with Crippen LogP contribution in [0.5, 0.6) is 5.75 Å². The third-order valence-electron chi connectivity index (χ3n) is 5.67. The predicted octanol–water partition coefficient (Wildman–Crippen LogP) is 3.55. The molecule has 1 saturated heterocycles. The van der Waals surface area contributed by atoms with Crippen LogP contribution in [-0.4, -0.2) is 55.2 Å². The zero-order chi connectivity index (χ0) is 21.7. The van der Waals surface area contributed by atoms with Crippen molar-refractivity contribution in [2.75, 3.05) is 24.7 Å². The normalized spacial score (nSPS) is 19.3. The maximum Gasteiger partial charge on any atom is 0.151 e. The van der Waals surface area contributed by atoms with Crippen LogP contribution in [-0.2, 0) is 16.4 Å². The lowest BCUT2D eigenvalue weighted by Crippen LogP contribution is -2.42. The first-order valence-electron chi connectivity index (χ1n) is 10.6. The van der Waals surface area contributed by atoms with E-state index in [0.717, 1.165) is 11.3 Å². The third-order valence-corrected chi connectivity index (χ3v) is 7.42. The first kappa shape index (κ1) is 22.8. The van der Waals surface area contributed by atoms with Gasteiger partial charge in [-0.1, -0.05) is 55.8 Å². The number of aliphatic hydroxyl groups excluding tert-OH is 1. The van der Waals surface area contributed by atoms with Crippen LogP contribution in [0.2, 0.25) is 0 Å². The molecule has 2 unspecified atom stereocenters. The molecule has 1 aliphatic heterocycles. The third kappa shape index (κ3) is 6.56. The monoisotopic (exact) mass is 431 g/mol. The van der Waals surface area contributed by atoms with Crippen molar-refractivity contribution in [2.45, 2.75) is 51.8 Å². The first-order chi connectivity index (χ1) is 14.2. The summed E-state index contributed by atoms with van der Waals surface area (Å²) in [4.78, 5) is 2.09. The highest BCUT2D eigenvalue weighted by Gasteiger charge is 2.33. The van der Waals surface area contributed by atoms with Crippen LogP contribution in [0.1, 0.15) is 42.9 Å². The molecule has 1 N–H and O–H groups in total. The van der Waals surface area contributed by atoms with Crippen LogP contribution in [0.25, 0.3) is 0 Å². The summed E-state index contributed by atoms with van der Waals surface area (Å²) >= 11 is 0. The lowest BCUT2D eigenvalue weighted by molar-refractivity contribution is 0.0524. The SMILES string of the molecule is Cc1ccc(CN(CC(O)COc2ccc(C(C)C)cc2)C2CCS(=O)(=O)C2)cc1. The predicted molar refractivity (Wildman–Crippen MR) is 121 cm³/mol. The molecule has 0 bridgehead atoms. The Balaban J connectivity index is 1.61. The summed E-state index contributed by atoms with van der Waals surface area (Å²) in [5.74, 6) is 1.56. The minimum absolute atomic E-state index is 0.0729. The first-order valence-corrected chi connectivity index (χ1v) is 12.4. The summed E-state index contributed by atoms with van der Waals surface area (Å²) in [6.45, 7) is 7.49. The van der Waals surface area contributed by atoms with E-state index in [9.17, 15) is 13.5 Å². The van der Waals surface area contributed by atoms with Crippen molar-refractivity contribution in [1.29, 1.82) is 0 Å². The van der Waals surface area contributed by atoms with Crippen molar-refractivity contribution in [1.82, 2.24) is 4.90 Å². The van der Waals surface area contributed by atoms with Gasteiger partial charge in [0.15, 0.2) is 9.84 Å². The lowest BCUT2D eigenvalue weighted by Gasteiger charge is -2.30. The summed E-state index contributed by atoms with van der Waals surface area (Å²) in [5.41, 5.74) is 3.54. The number of sulfone groups is 1. The zero-order valence-corrected chi connectivity index (χ0v) is 18.9. The Morgan fingerprint density at radius 2 is 1.77 bits per heavy atom. The van der Waals surface area contributed by atoms with Crippen molar-refractivity contribution in [2.24, 2.45) is 0 Å². The van der Waals surface area contributed by atoms with Crippen LogP contribution in [0, 0.1) is 6.92 Å². The summed E-state index contributed by atoms with van der Waals surface area (Å²) in [6, 6.07) is 16.1. The maximum atomic E-state index is 12.0. The summed E-state index contributed by atoms with van der Waals surface area (Å²) < 4.78 is 29.8. The molecule has 2 aromatic carbocycles. The summed E-state index contributed by atoms with van der Waals surface area (Å²) in [7, 11) is -3.00. The number of nitrogens with zero attached hydrogens (tertiary/aromatic N) is 1. The van der Waals surface area contributed by atoms with Crippen molar-refractivity contribution in [3.63, 3.8) is 0 Å². The molecular formula is C24H33NO4S. The van der Waals surface area contributed by atoms with Gasteiger partial charge in [-0.2, -0.15) is 0 Å². The van der Waals surface area contributed by atoms with Crippen LogP contribution < -0.4 is 4.74 Å². The van der Waals surface area contributed by atoms with E-state index < -0.39 is 15.9 Å². The van der Waals surface area contributed by atoms with Crippen LogP contribution >= 0.6 is 0 Å². The second-order valence-corrected chi connectivity index (χ2v) is 10.9. The highest BCUT2D eigenvalue weighted by molar-refractivity contribution is 7.91. The van der Waals surface area contributed by atoms with Crippen LogP contribution in [0.4, 0.5) is 0 Å². The Morgan fingerprint density at radius 1 is 1.10 bits per heavy atom. The molecule has 0 saturated carbocycles. The van der Waals surface area contributed by atoms with E-state index in [0.29, 0.717) is 25.4 Å². The van der Waals surface area contributed by atoms with E-state index in [-0.39, 0.29) is 24.2 Å². The van der Waals surface area contributed by atoms with Gasteiger partial charge in [0, 0.05) is 19.1 Å². The van der Waals surface area contributed by atoms with Crippen LogP contribution in [0.15, 0.2) is 48.5 Å². The fourth-order valence-electron chi connectivity index (χ4n) is 3.80. The van der Waals surface area contributed by atoms with E-state index >= 15 is 0 Å². The second kappa shape index (κ2) is 9.94. The van der Waals surface area contributed by atoms with Crippen molar-refractivity contribution >= 4 is 9.84 Å². The number of ether oxygens (including phenoxy) is 1. The molecule has 2 aromatic rings. The Labute approximate surface area is 180 Å². The average molecular weight is 432 g/mol. The van der Waals surface area contributed by atoms with E-state index in [1.54, 1.807) is 0 Å². The number of rotatable bonds is 9. The van der Waals surface area contributed by atoms with E-state index in [1.807, 2.05) is 31.2 Å². The minimum Gasteiger partial charge on any atom is -0.491 e. The van der Waals surface area contributed by atoms with Gasteiger partial charge < -0.3 is 9.84 Å².